The molecule has 254 valence electrons. The summed E-state index contributed by atoms with van der Waals surface area (Å²) in [6, 6.07) is 9.75. The van der Waals surface area contributed by atoms with Crippen LogP contribution < -0.4 is 20.5 Å². The Kier molecular flexibility index (Phi) is 11.3. The van der Waals surface area contributed by atoms with Crippen molar-refractivity contribution in [1.82, 2.24) is 15.1 Å². The fourth-order valence-corrected chi connectivity index (χ4v) is 6.79. The number of hydrogen-bond donors (Lipinski definition) is 2. The molecule has 1 unspecified atom stereocenters. The number of nitrogens with two attached hydrogens (primary N) is 1. The minimum atomic E-state index is -0.883. The van der Waals surface area contributed by atoms with Crippen molar-refractivity contribution >= 4 is 23.5 Å². The quantitative estimate of drug-likeness (QED) is 0.248. The van der Waals surface area contributed by atoms with E-state index in [0.29, 0.717) is 50.6 Å². The van der Waals surface area contributed by atoms with Gasteiger partial charge in [0.1, 0.15) is 22.9 Å². The molecule has 3 aliphatic heterocycles. The fourth-order valence-electron chi connectivity index (χ4n) is 6.79. The highest BCUT2D eigenvalue weighted by Crippen LogP contribution is 2.49. The van der Waals surface area contributed by atoms with Gasteiger partial charge in [0.2, 0.25) is 5.91 Å². The molecule has 11 heteroatoms. The maximum absolute atomic E-state index is 13.4. The second kappa shape index (κ2) is 15.4. The molecule has 3 aliphatic rings. The summed E-state index contributed by atoms with van der Waals surface area (Å²) < 4.78 is 31.6. The van der Waals surface area contributed by atoms with E-state index in [0.717, 1.165) is 66.7 Å². The summed E-state index contributed by atoms with van der Waals surface area (Å²) in [5.74, 6) is 0.242. The van der Waals surface area contributed by atoms with E-state index in [1.54, 1.807) is 0 Å². The van der Waals surface area contributed by atoms with Gasteiger partial charge in [-0.1, -0.05) is 19.1 Å². The molecule has 3 N–H and O–H groups in total. The summed E-state index contributed by atoms with van der Waals surface area (Å²) in [6.07, 6.45) is 4.23. The largest absolute Gasteiger partial charge is 0.483 e. The molecule has 1 atom stereocenters. The average Bonchev–Trinajstić information content (AvgIpc) is 3.01. The monoisotopic (exact) mass is 650 g/mol. The minimum Gasteiger partial charge on any atom is -0.483 e. The highest BCUT2D eigenvalue weighted by Gasteiger charge is 2.40. The van der Waals surface area contributed by atoms with Crippen molar-refractivity contribution in [3.05, 3.63) is 64.5 Å². The van der Waals surface area contributed by atoms with Gasteiger partial charge < -0.3 is 19.9 Å². The van der Waals surface area contributed by atoms with E-state index in [1.165, 1.54) is 12.1 Å². The van der Waals surface area contributed by atoms with E-state index in [-0.39, 0.29) is 30.7 Å². The molecule has 0 spiro atoms. The number of fused-ring (bicyclic) bond motifs is 2. The summed E-state index contributed by atoms with van der Waals surface area (Å²) >= 11 is 0. The van der Waals surface area contributed by atoms with Crippen LogP contribution in [-0.4, -0.2) is 85.8 Å². The number of primary amides is 1. The topological polar surface area (TPSA) is 123 Å². The lowest BCUT2D eigenvalue weighted by Crippen LogP contribution is -2.46. The van der Waals surface area contributed by atoms with Crippen LogP contribution in [0.2, 0.25) is 0 Å². The molecule has 0 aromatic heterocycles. The number of aryl methyl sites for hydroxylation is 1. The lowest BCUT2D eigenvalue weighted by atomic mass is 9.80. The highest BCUT2D eigenvalue weighted by molar-refractivity contribution is 5.94. The van der Waals surface area contributed by atoms with Crippen LogP contribution >= 0.6 is 0 Å². The summed E-state index contributed by atoms with van der Waals surface area (Å²) in [5, 5.41) is 2.15. The SMILES string of the molecule is CC(CCCc1ccc(F)cc1)c1cc(OC(=O)CCCN2CCOCC2)c2c(c1)OC(C)(C)C1=C2CN(CC(=O)NC(N)=O)CC1. The standard InChI is InChI=1S/C36H47FN4O6/c1-24(6-4-7-25-9-11-27(37)12-10-25)26-20-30(46-33(43)8-5-14-40-16-18-45-19-17-40)34-28-22-41(23-32(42)39-35(38)44)15-13-29(28)36(2,3)47-31(34)21-26/h9-12,20-21,24H,4-8,13-19,22-23H2,1-3H3,(H3,38,39,42,44). The number of rotatable bonds is 12. The first-order valence-electron chi connectivity index (χ1n) is 16.6. The number of ether oxygens (including phenoxy) is 3. The molecule has 0 saturated carbocycles. The third-order valence-electron chi connectivity index (χ3n) is 9.30. The second-order valence-electron chi connectivity index (χ2n) is 13.3. The molecule has 0 aliphatic carbocycles. The van der Waals surface area contributed by atoms with Gasteiger partial charge in [-0.3, -0.25) is 24.7 Å². The van der Waals surface area contributed by atoms with E-state index in [1.807, 2.05) is 36.9 Å². The number of hydrogen-bond acceptors (Lipinski definition) is 8. The normalized spacial score (nSPS) is 18.5. The van der Waals surface area contributed by atoms with Crippen molar-refractivity contribution in [3.63, 3.8) is 0 Å². The maximum atomic E-state index is 13.4. The summed E-state index contributed by atoms with van der Waals surface area (Å²) in [6.45, 7) is 11.2. The molecule has 1 saturated heterocycles. The van der Waals surface area contributed by atoms with Crippen LogP contribution in [0.4, 0.5) is 9.18 Å². The number of nitrogens with one attached hydrogen (secondary N) is 1. The van der Waals surface area contributed by atoms with Gasteiger partial charge in [0.15, 0.2) is 0 Å². The molecule has 47 heavy (non-hydrogen) atoms. The van der Waals surface area contributed by atoms with Gasteiger partial charge in [-0.05, 0) is 105 Å². The van der Waals surface area contributed by atoms with Gasteiger partial charge in [-0.15, -0.1) is 0 Å². The van der Waals surface area contributed by atoms with E-state index in [2.05, 4.69) is 23.2 Å². The zero-order valence-corrected chi connectivity index (χ0v) is 27.7. The third-order valence-corrected chi connectivity index (χ3v) is 9.30. The van der Waals surface area contributed by atoms with Gasteiger partial charge in [0, 0.05) is 32.6 Å². The predicted molar refractivity (Wildman–Crippen MR) is 177 cm³/mol. The first-order chi connectivity index (χ1) is 22.5. The third kappa shape index (κ3) is 9.18. The molecule has 10 nitrogen and oxygen atoms in total. The van der Waals surface area contributed by atoms with Crippen molar-refractivity contribution in [1.29, 1.82) is 0 Å². The molecule has 2 aromatic carbocycles. The van der Waals surface area contributed by atoms with Crippen LogP contribution in [0.5, 0.6) is 11.5 Å². The van der Waals surface area contributed by atoms with Crippen LogP contribution in [-0.2, 0) is 20.7 Å². The van der Waals surface area contributed by atoms with Gasteiger partial charge in [0.25, 0.3) is 0 Å². The van der Waals surface area contributed by atoms with Crippen LogP contribution in [0.25, 0.3) is 5.57 Å². The van der Waals surface area contributed by atoms with E-state index < -0.39 is 17.5 Å². The van der Waals surface area contributed by atoms with Crippen molar-refractivity contribution in [2.75, 3.05) is 52.5 Å². The average molecular weight is 651 g/mol. The van der Waals surface area contributed by atoms with Gasteiger partial charge in [-0.2, -0.15) is 0 Å². The zero-order valence-electron chi connectivity index (χ0n) is 27.7. The Hall–Kier alpha value is -3.80. The Morgan fingerprint density at radius 1 is 1.06 bits per heavy atom. The second-order valence-corrected chi connectivity index (χ2v) is 13.3. The smallest absolute Gasteiger partial charge is 0.318 e. The highest BCUT2D eigenvalue weighted by atomic mass is 19.1. The van der Waals surface area contributed by atoms with E-state index in [4.69, 9.17) is 19.9 Å². The molecular weight excluding hydrogens is 603 g/mol. The number of urea groups is 1. The van der Waals surface area contributed by atoms with Crippen LogP contribution in [0.15, 0.2) is 42.0 Å². The van der Waals surface area contributed by atoms with Gasteiger partial charge in [0.05, 0.1) is 25.3 Å². The van der Waals surface area contributed by atoms with Gasteiger partial charge in [-0.25, -0.2) is 9.18 Å². The maximum Gasteiger partial charge on any atom is 0.318 e. The zero-order chi connectivity index (χ0) is 33.6. The number of nitrogens with zero attached hydrogens (tertiary/aromatic N) is 2. The lowest BCUT2D eigenvalue weighted by molar-refractivity contribution is -0.134. The first-order valence-corrected chi connectivity index (χ1v) is 16.6. The van der Waals surface area contributed by atoms with Crippen molar-refractivity contribution in [3.8, 4) is 11.5 Å². The Labute approximate surface area is 276 Å². The number of benzene rings is 2. The molecule has 0 bridgehead atoms. The number of imide groups is 1. The number of esters is 1. The number of halogens is 1. The van der Waals surface area contributed by atoms with Crippen LogP contribution in [0.1, 0.15) is 75.5 Å². The van der Waals surface area contributed by atoms with E-state index in [9.17, 15) is 18.8 Å². The van der Waals surface area contributed by atoms with Crippen molar-refractivity contribution in [2.45, 2.75) is 70.8 Å². The molecule has 1 fully saturated rings. The summed E-state index contributed by atoms with van der Waals surface area (Å²) in [7, 11) is 0. The minimum absolute atomic E-state index is 0.0101. The molecule has 2 aromatic rings. The Balaban J connectivity index is 1.38. The van der Waals surface area contributed by atoms with Crippen molar-refractivity contribution in [2.24, 2.45) is 5.73 Å². The molecule has 0 radical (unpaired) electrons. The molecule has 3 heterocycles. The Morgan fingerprint density at radius 2 is 1.81 bits per heavy atom. The molecule has 5 rings (SSSR count). The van der Waals surface area contributed by atoms with Crippen LogP contribution in [0, 0.1) is 5.82 Å². The predicted octanol–water partition coefficient (Wildman–Crippen LogP) is 4.80. The Morgan fingerprint density at radius 3 is 2.53 bits per heavy atom. The number of carbonyl (C=O) groups is 3. The first kappa shape index (κ1) is 34.5. The number of morpholine rings is 1. The molecule has 3 amide bonds. The van der Waals surface area contributed by atoms with E-state index >= 15 is 0 Å². The Bertz CT molecular complexity index is 1490. The van der Waals surface area contributed by atoms with Crippen molar-refractivity contribution < 1.29 is 33.0 Å². The summed E-state index contributed by atoms with van der Waals surface area (Å²) in [5.41, 5.74) is 9.47. The number of amides is 3. The molecular formula is C36H47FN4O6. The summed E-state index contributed by atoms with van der Waals surface area (Å²) in [4.78, 5) is 41.2. The number of carbonyl (C=O) groups excluding carboxylic acids is 3. The fraction of sp³-hybridized carbons (Fsp3) is 0.528. The van der Waals surface area contributed by atoms with Gasteiger partial charge >= 0.3 is 12.0 Å². The van der Waals surface area contributed by atoms with Crippen LogP contribution in [0.3, 0.4) is 0 Å². The lowest BCUT2D eigenvalue weighted by Gasteiger charge is -2.42.